The molecule has 1 aromatic heterocycles. The minimum Gasteiger partial charge on any atom is -0.467 e. The molecule has 0 bridgehead atoms. The van der Waals surface area contributed by atoms with Gasteiger partial charge >= 0.3 is 6.01 Å². The van der Waals surface area contributed by atoms with E-state index in [0.29, 0.717) is 51.4 Å². The summed E-state index contributed by atoms with van der Waals surface area (Å²) >= 11 is 0. The van der Waals surface area contributed by atoms with Crippen molar-refractivity contribution in [2.75, 3.05) is 76.6 Å². The smallest absolute Gasteiger partial charge is 0.318 e. The molecule has 3 aliphatic heterocycles. The second-order valence-electron chi connectivity index (χ2n) is 11.2. The molecule has 1 amide bonds. The van der Waals surface area contributed by atoms with E-state index >= 15 is 0 Å². The lowest BCUT2D eigenvalue weighted by Crippen LogP contribution is -2.49. The molecule has 10 heteroatoms. The van der Waals surface area contributed by atoms with Gasteiger partial charge in [0.1, 0.15) is 18.2 Å². The molecule has 10 nitrogen and oxygen atoms in total. The van der Waals surface area contributed by atoms with Crippen LogP contribution in [0.25, 0.3) is 10.8 Å². The number of aromatic nitrogens is 2. The number of amides is 1. The molecule has 2 aromatic carbocycles. The van der Waals surface area contributed by atoms with Crippen LogP contribution in [0.2, 0.25) is 0 Å². The van der Waals surface area contributed by atoms with Crippen LogP contribution < -0.4 is 19.3 Å². The molecule has 0 N–H and O–H groups in total. The Labute approximate surface area is 247 Å². The van der Waals surface area contributed by atoms with Gasteiger partial charge in [-0.15, -0.1) is 0 Å². The van der Waals surface area contributed by atoms with E-state index in [9.17, 15) is 4.79 Å². The SMILES string of the molecule is C=CC(=O)N1CCN(c2nc(OCC3CCCN3C)nc3c2CCN(c2cc(OCOC)cc4ccccc24)C3)CC1. The van der Waals surface area contributed by atoms with Gasteiger partial charge in [-0.05, 0) is 50.4 Å². The molecule has 1 unspecified atom stereocenters. The number of rotatable bonds is 9. The Morgan fingerprint density at radius 1 is 1.05 bits per heavy atom. The van der Waals surface area contributed by atoms with Crippen LogP contribution in [0.3, 0.4) is 0 Å². The van der Waals surface area contributed by atoms with Crippen molar-refractivity contribution in [2.24, 2.45) is 0 Å². The zero-order valence-corrected chi connectivity index (χ0v) is 24.6. The van der Waals surface area contributed by atoms with E-state index in [4.69, 9.17) is 24.2 Å². The second kappa shape index (κ2) is 12.5. The lowest BCUT2D eigenvalue weighted by Gasteiger charge is -2.38. The van der Waals surface area contributed by atoms with Gasteiger partial charge in [-0.2, -0.15) is 9.97 Å². The minimum atomic E-state index is -0.0244. The number of ether oxygens (including phenoxy) is 3. The van der Waals surface area contributed by atoms with Crippen LogP contribution in [-0.4, -0.2) is 98.5 Å². The predicted molar refractivity (Wildman–Crippen MR) is 163 cm³/mol. The number of hydrogen-bond acceptors (Lipinski definition) is 9. The molecule has 0 radical (unpaired) electrons. The van der Waals surface area contributed by atoms with E-state index in [1.807, 2.05) is 11.0 Å². The van der Waals surface area contributed by atoms with Gasteiger partial charge in [-0.1, -0.05) is 30.8 Å². The van der Waals surface area contributed by atoms with Crippen molar-refractivity contribution in [3.63, 3.8) is 0 Å². The molecular formula is C32H40N6O4. The van der Waals surface area contributed by atoms with Gasteiger partial charge in [0.25, 0.3) is 0 Å². The molecule has 4 heterocycles. The van der Waals surface area contributed by atoms with E-state index in [2.05, 4.69) is 58.7 Å². The van der Waals surface area contributed by atoms with Crippen molar-refractivity contribution in [1.29, 1.82) is 0 Å². The summed E-state index contributed by atoms with van der Waals surface area (Å²) in [6, 6.07) is 13.3. The summed E-state index contributed by atoms with van der Waals surface area (Å²) in [5, 5.41) is 2.29. The van der Waals surface area contributed by atoms with Crippen molar-refractivity contribution < 1.29 is 19.0 Å². The summed E-state index contributed by atoms with van der Waals surface area (Å²) in [7, 11) is 3.78. The molecule has 42 heavy (non-hydrogen) atoms. The number of likely N-dealkylation sites (N-methyl/N-ethyl adjacent to an activating group) is 1. The summed E-state index contributed by atoms with van der Waals surface area (Å²) in [6.45, 7) is 9.66. The van der Waals surface area contributed by atoms with Gasteiger partial charge in [0.15, 0.2) is 6.79 Å². The van der Waals surface area contributed by atoms with Gasteiger partial charge < -0.3 is 33.8 Å². The number of methoxy groups -OCH3 is 1. The van der Waals surface area contributed by atoms with Crippen LogP contribution in [0, 0.1) is 0 Å². The molecular weight excluding hydrogens is 532 g/mol. The molecule has 2 fully saturated rings. The fourth-order valence-electron chi connectivity index (χ4n) is 6.28. The second-order valence-corrected chi connectivity index (χ2v) is 11.2. The maximum Gasteiger partial charge on any atom is 0.318 e. The Bertz CT molecular complexity index is 1440. The first-order valence-corrected chi connectivity index (χ1v) is 14.8. The van der Waals surface area contributed by atoms with Crippen molar-refractivity contribution >= 4 is 28.2 Å². The number of nitrogens with zero attached hydrogens (tertiary/aromatic N) is 6. The summed E-state index contributed by atoms with van der Waals surface area (Å²) < 4.78 is 17.3. The topological polar surface area (TPSA) is 83.5 Å². The van der Waals surface area contributed by atoms with Crippen LogP contribution in [0.4, 0.5) is 11.5 Å². The predicted octanol–water partition coefficient (Wildman–Crippen LogP) is 3.48. The monoisotopic (exact) mass is 572 g/mol. The normalized spacial score (nSPS) is 19.2. The fraction of sp³-hybridized carbons (Fsp3) is 0.469. The minimum absolute atomic E-state index is 0.0244. The number of likely N-dealkylation sites (tertiary alicyclic amines) is 1. The van der Waals surface area contributed by atoms with E-state index in [0.717, 1.165) is 59.8 Å². The Kier molecular flexibility index (Phi) is 8.43. The molecule has 3 aliphatic rings. The zero-order valence-electron chi connectivity index (χ0n) is 24.6. The van der Waals surface area contributed by atoms with Gasteiger partial charge in [-0.3, -0.25) is 4.79 Å². The Morgan fingerprint density at radius 2 is 1.88 bits per heavy atom. The van der Waals surface area contributed by atoms with Crippen LogP contribution in [0.15, 0.2) is 49.1 Å². The Balaban J connectivity index is 1.31. The third-order valence-corrected chi connectivity index (χ3v) is 8.66. The average molecular weight is 573 g/mol. The van der Waals surface area contributed by atoms with Crippen LogP contribution in [0.1, 0.15) is 24.1 Å². The summed E-state index contributed by atoms with van der Waals surface area (Å²) in [5.41, 5.74) is 3.26. The fourth-order valence-corrected chi connectivity index (χ4v) is 6.28. The summed E-state index contributed by atoms with van der Waals surface area (Å²) in [4.78, 5) is 31.0. The molecule has 0 aliphatic carbocycles. The Morgan fingerprint density at radius 3 is 2.64 bits per heavy atom. The number of fused-ring (bicyclic) bond motifs is 2. The molecule has 2 saturated heterocycles. The highest BCUT2D eigenvalue weighted by molar-refractivity contribution is 5.96. The van der Waals surface area contributed by atoms with Crippen molar-refractivity contribution in [3.8, 4) is 11.8 Å². The number of benzene rings is 2. The highest BCUT2D eigenvalue weighted by Gasteiger charge is 2.30. The molecule has 0 spiro atoms. The largest absolute Gasteiger partial charge is 0.467 e. The van der Waals surface area contributed by atoms with E-state index in [1.54, 1.807) is 7.11 Å². The lowest BCUT2D eigenvalue weighted by atomic mass is 10.0. The standard InChI is InChI=1S/C32H40N6O4/c1-4-30(39)36-14-16-37(17-15-36)31-27-11-13-38(20-28(27)33-32(34-31)41-21-24-9-7-12-35(24)2)29-19-25(42-22-40-3)18-23-8-5-6-10-26(23)29/h4-6,8,10,18-19,24H,1,7,9,11-17,20-22H2,2-3H3. The quantitative estimate of drug-likeness (QED) is 0.283. The number of hydrogen-bond donors (Lipinski definition) is 0. The van der Waals surface area contributed by atoms with Gasteiger partial charge in [0, 0.05) is 68.6 Å². The van der Waals surface area contributed by atoms with Crippen molar-refractivity contribution in [1.82, 2.24) is 19.8 Å². The first kappa shape index (κ1) is 28.2. The van der Waals surface area contributed by atoms with Crippen LogP contribution in [0.5, 0.6) is 11.8 Å². The zero-order chi connectivity index (χ0) is 29.1. The summed E-state index contributed by atoms with van der Waals surface area (Å²) in [6.07, 6.45) is 4.50. The van der Waals surface area contributed by atoms with E-state index in [1.165, 1.54) is 17.9 Å². The van der Waals surface area contributed by atoms with Gasteiger partial charge in [0.2, 0.25) is 5.91 Å². The highest BCUT2D eigenvalue weighted by Crippen LogP contribution is 2.37. The summed E-state index contributed by atoms with van der Waals surface area (Å²) in [5.74, 6) is 1.68. The van der Waals surface area contributed by atoms with Crippen molar-refractivity contribution in [2.45, 2.75) is 31.8 Å². The molecule has 1 atom stereocenters. The molecule has 222 valence electrons. The maximum atomic E-state index is 12.2. The molecule has 6 rings (SSSR count). The number of piperazine rings is 1. The number of carbonyl (C=O) groups is 1. The maximum absolute atomic E-state index is 12.2. The van der Waals surface area contributed by atoms with Crippen LogP contribution in [-0.2, 0) is 22.5 Å². The van der Waals surface area contributed by atoms with Crippen molar-refractivity contribution in [3.05, 3.63) is 60.3 Å². The molecule has 3 aromatic rings. The Hall–Kier alpha value is -3.89. The first-order chi connectivity index (χ1) is 20.5. The number of anilines is 2. The van der Waals surface area contributed by atoms with Gasteiger partial charge in [0.05, 0.1) is 12.2 Å². The lowest BCUT2D eigenvalue weighted by molar-refractivity contribution is -0.126. The average Bonchev–Trinajstić information content (AvgIpc) is 3.45. The third-order valence-electron chi connectivity index (χ3n) is 8.66. The first-order valence-electron chi connectivity index (χ1n) is 14.8. The van der Waals surface area contributed by atoms with E-state index in [-0.39, 0.29) is 12.7 Å². The third kappa shape index (κ3) is 5.87. The van der Waals surface area contributed by atoms with Gasteiger partial charge in [-0.25, -0.2) is 0 Å². The van der Waals surface area contributed by atoms with E-state index < -0.39 is 0 Å². The highest BCUT2D eigenvalue weighted by atomic mass is 16.7. The van der Waals surface area contributed by atoms with Crippen LogP contribution >= 0.6 is 0 Å². The molecule has 0 saturated carbocycles. The number of carbonyl (C=O) groups excluding carboxylic acids is 1.